The van der Waals surface area contributed by atoms with Gasteiger partial charge in [-0.15, -0.1) is 0 Å². The van der Waals surface area contributed by atoms with Crippen molar-refractivity contribution in [1.82, 2.24) is 0 Å². The molecule has 1 nitrogen and oxygen atoms in total. The van der Waals surface area contributed by atoms with Gasteiger partial charge in [0.15, 0.2) is 0 Å². The molecular formula is C15H13Cl3O. The van der Waals surface area contributed by atoms with Crippen molar-refractivity contribution in [2.45, 2.75) is 18.9 Å². The van der Waals surface area contributed by atoms with Crippen LogP contribution in [0.25, 0.3) is 0 Å². The molecule has 100 valence electrons. The molecule has 0 bridgehead atoms. The summed E-state index contributed by atoms with van der Waals surface area (Å²) in [5.41, 5.74) is 0.722. The van der Waals surface area contributed by atoms with E-state index in [2.05, 4.69) is 0 Å². The zero-order valence-corrected chi connectivity index (χ0v) is 12.6. The number of hydrogen-bond acceptors (Lipinski definition) is 1. The van der Waals surface area contributed by atoms with Crippen molar-refractivity contribution in [3.63, 3.8) is 0 Å². The van der Waals surface area contributed by atoms with Gasteiger partial charge in [0.1, 0.15) is 0 Å². The van der Waals surface area contributed by atoms with E-state index in [9.17, 15) is 5.11 Å². The van der Waals surface area contributed by atoms with Crippen LogP contribution in [-0.2, 0) is 12.0 Å². The van der Waals surface area contributed by atoms with Gasteiger partial charge in [0.2, 0.25) is 0 Å². The van der Waals surface area contributed by atoms with Crippen LogP contribution in [0.1, 0.15) is 18.1 Å². The Bertz CT molecular complexity index is 576. The smallest absolute Gasteiger partial charge is 0.0909 e. The molecule has 0 saturated heterocycles. The highest BCUT2D eigenvalue weighted by atomic mass is 35.5. The molecule has 2 rings (SSSR count). The second-order valence-electron chi connectivity index (χ2n) is 4.71. The minimum atomic E-state index is -1.01. The maximum atomic E-state index is 10.6. The third-order valence-electron chi connectivity index (χ3n) is 3.00. The lowest BCUT2D eigenvalue weighted by molar-refractivity contribution is 0.0576. The van der Waals surface area contributed by atoms with E-state index in [0.717, 1.165) is 11.1 Å². The minimum absolute atomic E-state index is 0.440. The molecule has 0 amide bonds. The molecule has 1 atom stereocenters. The van der Waals surface area contributed by atoms with Gasteiger partial charge >= 0.3 is 0 Å². The van der Waals surface area contributed by atoms with Crippen LogP contribution in [0.5, 0.6) is 0 Å². The largest absolute Gasteiger partial charge is 0.385 e. The number of halogens is 3. The molecule has 2 aromatic carbocycles. The Morgan fingerprint density at radius 2 is 1.58 bits per heavy atom. The van der Waals surface area contributed by atoms with E-state index in [1.54, 1.807) is 25.1 Å². The average molecular weight is 316 g/mol. The summed E-state index contributed by atoms with van der Waals surface area (Å²) < 4.78 is 0. The van der Waals surface area contributed by atoms with Gasteiger partial charge in [-0.3, -0.25) is 0 Å². The van der Waals surface area contributed by atoms with Crippen LogP contribution < -0.4 is 0 Å². The van der Waals surface area contributed by atoms with Crippen molar-refractivity contribution in [3.05, 3.63) is 68.7 Å². The Kier molecular flexibility index (Phi) is 4.42. The van der Waals surface area contributed by atoms with Gasteiger partial charge in [-0.05, 0) is 42.3 Å². The third-order valence-corrected chi connectivity index (χ3v) is 3.99. The SMILES string of the molecule is CC(O)(Cc1ccc(Cl)cc1)c1ccc(Cl)c(Cl)c1. The van der Waals surface area contributed by atoms with Crippen LogP contribution in [-0.4, -0.2) is 5.11 Å². The molecule has 2 aromatic rings. The molecule has 0 aliphatic heterocycles. The Labute approximate surface area is 127 Å². The van der Waals surface area contributed by atoms with Crippen molar-refractivity contribution in [3.8, 4) is 0 Å². The zero-order chi connectivity index (χ0) is 14.0. The van der Waals surface area contributed by atoms with Crippen LogP contribution in [0.4, 0.5) is 0 Å². The van der Waals surface area contributed by atoms with Crippen LogP contribution in [0.15, 0.2) is 42.5 Å². The normalized spacial score (nSPS) is 14.2. The van der Waals surface area contributed by atoms with E-state index in [1.165, 1.54) is 0 Å². The number of benzene rings is 2. The molecule has 0 spiro atoms. The monoisotopic (exact) mass is 314 g/mol. The average Bonchev–Trinajstić information content (AvgIpc) is 2.35. The van der Waals surface area contributed by atoms with E-state index in [1.807, 2.05) is 24.3 Å². The molecule has 0 radical (unpaired) electrons. The second-order valence-corrected chi connectivity index (χ2v) is 5.96. The van der Waals surface area contributed by atoms with E-state index in [0.29, 0.717) is 21.5 Å². The molecule has 4 heteroatoms. The number of hydrogen-bond donors (Lipinski definition) is 1. The first kappa shape index (κ1) is 14.7. The summed E-state index contributed by atoms with van der Waals surface area (Å²) in [7, 11) is 0. The van der Waals surface area contributed by atoms with Crippen molar-refractivity contribution in [2.24, 2.45) is 0 Å². The van der Waals surface area contributed by atoms with Crippen molar-refractivity contribution >= 4 is 34.8 Å². The summed E-state index contributed by atoms with van der Waals surface area (Å²) in [6.45, 7) is 1.75. The van der Waals surface area contributed by atoms with Crippen LogP contribution in [0, 0.1) is 0 Å². The van der Waals surface area contributed by atoms with Gasteiger partial charge in [0.25, 0.3) is 0 Å². The Balaban J connectivity index is 2.26. The third kappa shape index (κ3) is 3.64. The summed E-state index contributed by atoms with van der Waals surface area (Å²) in [5, 5.41) is 12.2. The zero-order valence-electron chi connectivity index (χ0n) is 10.3. The highest BCUT2D eigenvalue weighted by Crippen LogP contribution is 2.31. The fraction of sp³-hybridized carbons (Fsp3) is 0.200. The van der Waals surface area contributed by atoms with Crippen molar-refractivity contribution < 1.29 is 5.11 Å². The van der Waals surface area contributed by atoms with Crippen LogP contribution >= 0.6 is 34.8 Å². The molecule has 0 aliphatic rings. The van der Waals surface area contributed by atoms with Crippen LogP contribution in [0.3, 0.4) is 0 Å². The summed E-state index contributed by atoms with van der Waals surface area (Å²) in [5.74, 6) is 0. The molecule has 19 heavy (non-hydrogen) atoms. The maximum Gasteiger partial charge on any atom is 0.0909 e. The first-order valence-electron chi connectivity index (χ1n) is 5.81. The summed E-state index contributed by atoms with van der Waals surface area (Å²) in [4.78, 5) is 0. The molecule has 1 N–H and O–H groups in total. The van der Waals surface area contributed by atoms with E-state index in [4.69, 9.17) is 34.8 Å². The van der Waals surface area contributed by atoms with Gasteiger partial charge in [0, 0.05) is 11.4 Å². The Morgan fingerprint density at radius 3 is 2.16 bits per heavy atom. The first-order valence-corrected chi connectivity index (χ1v) is 6.94. The quantitative estimate of drug-likeness (QED) is 0.835. The fourth-order valence-electron chi connectivity index (χ4n) is 1.93. The van der Waals surface area contributed by atoms with Crippen LogP contribution in [0.2, 0.25) is 15.1 Å². The van der Waals surface area contributed by atoms with E-state index < -0.39 is 5.60 Å². The van der Waals surface area contributed by atoms with E-state index in [-0.39, 0.29) is 0 Å². The van der Waals surface area contributed by atoms with Gasteiger partial charge in [0.05, 0.1) is 15.6 Å². The van der Waals surface area contributed by atoms with Crippen molar-refractivity contribution in [2.75, 3.05) is 0 Å². The van der Waals surface area contributed by atoms with Crippen molar-refractivity contribution in [1.29, 1.82) is 0 Å². The molecule has 1 unspecified atom stereocenters. The summed E-state index contributed by atoms with van der Waals surface area (Å²) in [6, 6.07) is 12.6. The highest BCUT2D eigenvalue weighted by Gasteiger charge is 2.24. The van der Waals surface area contributed by atoms with Gasteiger partial charge < -0.3 is 5.11 Å². The first-order chi connectivity index (χ1) is 8.88. The fourth-order valence-corrected chi connectivity index (χ4v) is 2.36. The predicted molar refractivity (Wildman–Crippen MR) is 81.2 cm³/mol. The second kappa shape index (κ2) is 5.72. The summed E-state index contributed by atoms with van der Waals surface area (Å²) >= 11 is 17.7. The highest BCUT2D eigenvalue weighted by molar-refractivity contribution is 6.42. The minimum Gasteiger partial charge on any atom is -0.385 e. The number of rotatable bonds is 3. The maximum absolute atomic E-state index is 10.6. The lowest BCUT2D eigenvalue weighted by Crippen LogP contribution is -2.24. The molecule has 0 aromatic heterocycles. The molecule has 0 fully saturated rings. The van der Waals surface area contributed by atoms with Gasteiger partial charge in [-0.2, -0.15) is 0 Å². The molecule has 0 heterocycles. The molecule has 0 aliphatic carbocycles. The van der Waals surface area contributed by atoms with E-state index >= 15 is 0 Å². The van der Waals surface area contributed by atoms with Gasteiger partial charge in [-0.1, -0.05) is 53.0 Å². The topological polar surface area (TPSA) is 20.2 Å². The standard InChI is InChI=1S/C15H13Cl3O/c1-15(19,9-10-2-5-12(16)6-3-10)11-4-7-13(17)14(18)8-11/h2-8,19H,9H2,1H3. The predicted octanol–water partition coefficient (Wildman–Crippen LogP) is 5.10. The molecule has 0 saturated carbocycles. The Morgan fingerprint density at radius 1 is 0.947 bits per heavy atom. The summed E-state index contributed by atoms with van der Waals surface area (Å²) in [6.07, 6.45) is 0.474. The number of aliphatic hydroxyl groups is 1. The lowest BCUT2D eigenvalue weighted by atomic mass is 9.89. The Hall–Kier alpha value is -0.730. The molecular weight excluding hydrogens is 303 g/mol. The van der Waals surface area contributed by atoms with Gasteiger partial charge in [-0.25, -0.2) is 0 Å². The lowest BCUT2D eigenvalue weighted by Gasteiger charge is -2.24.